The van der Waals surface area contributed by atoms with Crippen LogP contribution in [0.5, 0.6) is 0 Å². The number of ketones is 1. The summed E-state index contributed by atoms with van der Waals surface area (Å²) in [6.07, 6.45) is 3.03. The van der Waals surface area contributed by atoms with Gasteiger partial charge in [0.15, 0.2) is 29.1 Å². The van der Waals surface area contributed by atoms with Crippen LogP contribution in [-0.4, -0.2) is 16.3 Å². The molecule has 2 unspecified atom stereocenters. The fourth-order valence-corrected chi connectivity index (χ4v) is 4.84. The summed E-state index contributed by atoms with van der Waals surface area (Å²) >= 11 is 1.80. The first-order valence-corrected chi connectivity index (χ1v) is 7.44. The number of rotatable bonds is 2. The predicted molar refractivity (Wildman–Crippen MR) is 67.7 cm³/mol. The maximum absolute atomic E-state index is 13.7. The number of thioether (sulfide) groups is 1. The van der Waals surface area contributed by atoms with Crippen molar-refractivity contribution in [3.8, 4) is 0 Å². The monoisotopic (exact) mass is 304 g/mol. The van der Waals surface area contributed by atoms with E-state index in [9.17, 15) is 22.4 Å². The third kappa shape index (κ3) is 2.24. The SMILES string of the molecule is O=C(c1c(F)c(F)cc(F)c1F)C1CC2CCC(C1)S2. The maximum atomic E-state index is 13.7. The van der Waals surface area contributed by atoms with E-state index in [-0.39, 0.29) is 6.07 Å². The lowest BCUT2D eigenvalue weighted by atomic mass is 9.89. The van der Waals surface area contributed by atoms with E-state index in [1.807, 2.05) is 0 Å². The zero-order valence-corrected chi connectivity index (χ0v) is 11.3. The number of carbonyl (C=O) groups is 1. The molecule has 0 radical (unpaired) electrons. The van der Waals surface area contributed by atoms with Crippen LogP contribution in [0.1, 0.15) is 36.0 Å². The second kappa shape index (κ2) is 5.06. The van der Waals surface area contributed by atoms with Crippen molar-refractivity contribution < 1.29 is 22.4 Å². The van der Waals surface area contributed by atoms with Crippen molar-refractivity contribution in [3.05, 3.63) is 34.9 Å². The van der Waals surface area contributed by atoms with E-state index >= 15 is 0 Å². The first-order chi connectivity index (χ1) is 9.47. The van der Waals surface area contributed by atoms with Crippen LogP contribution in [-0.2, 0) is 0 Å². The highest BCUT2D eigenvalue weighted by Crippen LogP contribution is 2.46. The topological polar surface area (TPSA) is 17.1 Å². The summed E-state index contributed by atoms with van der Waals surface area (Å²) in [5.41, 5.74) is -1.06. The zero-order chi connectivity index (χ0) is 14.4. The summed E-state index contributed by atoms with van der Waals surface area (Å²) in [5, 5.41) is 0.624. The fraction of sp³-hybridized carbons (Fsp3) is 0.500. The first kappa shape index (κ1) is 13.9. The van der Waals surface area contributed by atoms with Gasteiger partial charge in [-0.15, -0.1) is 0 Å². The lowest BCUT2D eigenvalue weighted by Crippen LogP contribution is -2.26. The van der Waals surface area contributed by atoms with Crippen molar-refractivity contribution in [1.82, 2.24) is 0 Å². The van der Waals surface area contributed by atoms with Crippen molar-refractivity contribution >= 4 is 17.5 Å². The molecule has 0 aliphatic carbocycles. The predicted octanol–water partition coefficient (Wildman–Crippen LogP) is 4.10. The van der Waals surface area contributed by atoms with E-state index in [1.165, 1.54) is 0 Å². The summed E-state index contributed by atoms with van der Waals surface area (Å²) in [4.78, 5) is 12.2. The van der Waals surface area contributed by atoms with E-state index in [1.54, 1.807) is 11.8 Å². The van der Waals surface area contributed by atoms with Gasteiger partial charge in [-0.25, -0.2) is 17.6 Å². The molecule has 2 heterocycles. The summed E-state index contributed by atoms with van der Waals surface area (Å²) in [7, 11) is 0. The van der Waals surface area contributed by atoms with Gasteiger partial charge in [-0.2, -0.15) is 11.8 Å². The smallest absolute Gasteiger partial charge is 0.172 e. The lowest BCUT2D eigenvalue weighted by Gasteiger charge is -2.26. The lowest BCUT2D eigenvalue weighted by molar-refractivity contribution is 0.0895. The average Bonchev–Trinajstić information content (AvgIpc) is 2.75. The molecule has 0 N–H and O–H groups in total. The molecule has 20 heavy (non-hydrogen) atoms. The highest BCUT2D eigenvalue weighted by Gasteiger charge is 2.40. The largest absolute Gasteiger partial charge is 0.294 e. The van der Waals surface area contributed by atoms with Crippen LogP contribution in [0, 0.1) is 29.2 Å². The van der Waals surface area contributed by atoms with Crippen molar-refractivity contribution in [2.45, 2.75) is 36.2 Å². The van der Waals surface area contributed by atoms with Crippen LogP contribution >= 0.6 is 11.8 Å². The van der Waals surface area contributed by atoms with Gasteiger partial charge < -0.3 is 0 Å². The first-order valence-electron chi connectivity index (χ1n) is 6.50. The molecule has 1 aromatic carbocycles. The summed E-state index contributed by atoms with van der Waals surface area (Å²) < 4.78 is 53.7. The van der Waals surface area contributed by atoms with Crippen molar-refractivity contribution in [2.24, 2.45) is 5.92 Å². The van der Waals surface area contributed by atoms with Crippen LogP contribution in [0.2, 0.25) is 0 Å². The molecule has 1 nitrogen and oxygen atoms in total. The molecule has 2 atom stereocenters. The Kier molecular flexibility index (Phi) is 3.52. The molecular formula is C14H12F4OS. The highest BCUT2D eigenvalue weighted by molar-refractivity contribution is 8.00. The Morgan fingerprint density at radius 1 is 1.00 bits per heavy atom. The molecule has 108 valence electrons. The Balaban J connectivity index is 1.95. The summed E-state index contributed by atoms with van der Waals surface area (Å²) in [6, 6.07) is 0.127. The number of hydrogen-bond donors (Lipinski definition) is 0. The van der Waals surface area contributed by atoms with Gasteiger partial charge in [-0.1, -0.05) is 0 Å². The van der Waals surface area contributed by atoms with Crippen molar-refractivity contribution in [3.63, 3.8) is 0 Å². The number of Topliss-reactive ketones (excluding diaryl/α,β-unsaturated/α-hetero) is 1. The Labute approximate surface area is 117 Å². The molecule has 2 bridgehead atoms. The molecule has 0 aromatic heterocycles. The van der Waals surface area contributed by atoms with Crippen LogP contribution in [0.3, 0.4) is 0 Å². The highest BCUT2D eigenvalue weighted by atomic mass is 32.2. The van der Waals surface area contributed by atoms with Crippen molar-refractivity contribution in [2.75, 3.05) is 0 Å². The second-order valence-electron chi connectivity index (χ2n) is 5.33. The zero-order valence-electron chi connectivity index (χ0n) is 10.5. The summed E-state index contributed by atoms with van der Waals surface area (Å²) in [5.74, 6) is -7.57. The van der Waals surface area contributed by atoms with Gasteiger partial charge in [0.25, 0.3) is 0 Å². The van der Waals surface area contributed by atoms with Gasteiger partial charge in [-0.3, -0.25) is 4.79 Å². The third-order valence-corrected chi connectivity index (χ3v) is 5.65. The molecule has 2 aliphatic rings. The molecule has 2 fully saturated rings. The van der Waals surface area contributed by atoms with Gasteiger partial charge in [0.2, 0.25) is 0 Å². The van der Waals surface area contributed by atoms with Crippen LogP contribution < -0.4 is 0 Å². The third-order valence-electron chi connectivity index (χ3n) is 4.02. The van der Waals surface area contributed by atoms with E-state index in [0.29, 0.717) is 23.3 Å². The van der Waals surface area contributed by atoms with E-state index < -0.39 is 40.5 Å². The van der Waals surface area contributed by atoms with Crippen LogP contribution in [0.4, 0.5) is 17.6 Å². The summed E-state index contributed by atoms with van der Waals surface area (Å²) in [6.45, 7) is 0. The van der Waals surface area contributed by atoms with Crippen molar-refractivity contribution in [1.29, 1.82) is 0 Å². The number of benzene rings is 1. The van der Waals surface area contributed by atoms with Gasteiger partial charge in [0, 0.05) is 22.5 Å². The number of halogens is 4. The normalized spacial score (nSPS) is 28.7. The van der Waals surface area contributed by atoms with Crippen LogP contribution in [0.15, 0.2) is 6.07 Å². The second-order valence-corrected chi connectivity index (χ2v) is 6.94. The average molecular weight is 304 g/mol. The minimum absolute atomic E-state index is 0.127. The fourth-order valence-electron chi connectivity index (χ4n) is 3.07. The molecule has 0 saturated carbocycles. The number of fused-ring (bicyclic) bond motifs is 2. The molecule has 2 aliphatic heterocycles. The minimum Gasteiger partial charge on any atom is -0.294 e. The molecule has 1 aromatic rings. The van der Waals surface area contributed by atoms with Gasteiger partial charge >= 0.3 is 0 Å². The van der Waals surface area contributed by atoms with E-state index in [4.69, 9.17) is 0 Å². The Hall–Kier alpha value is -1.04. The van der Waals surface area contributed by atoms with E-state index in [2.05, 4.69) is 0 Å². The Morgan fingerprint density at radius 2 is 1.50 bits per heavy atom. The Morgan fingerprint density at radius 3 is 2.00 bits per heavy atom. The molecule has 3 rings (SSSR count). The maximum Gasteiger partial charge on any atom is 0.172 e. The van der Waals surface area contributed by atoms with Crippen LogP contribution in [0.25, 0.3) is 0 Å². The molecule has 6 heteroatoms. The molecule has 0 spiro atoms. The molecular weight excluding hydrogens is 292 g/mol. The van der Waals surface area contributed by atoms with Gasteiger partial charge in [0.05, 0.1) is 5.56 Å². The standard InChI is InChI=1S/C14H12F4OS/c15-9-5-10(16)13(18)11(12(9)17)14(19)6-3-7-1-2-8(4-6)20-7/h5-8H,1-4H2. The van der Waals surface area contributed by atoms with Gasteiger partial charge in [-0.05, 0) is 25.7 Å². The minimum atomic E-state index is -1.58. The number of carbonyl (C=O) groups excluding carboxylic acids is 1. The van der Waals surface area contributed by atoms with E-state index in [0.717, 1.165) is 12.8 Å². The molecule has 0 amide bonds. The Bertz CT molecular complexity index is 537. The molecule has 2 saturated heterocycles. The quantitative estimate of drug-likeness (QED) is 0.465. The van der Waals surface area contributed by atoms with Gasteiger partial charge in [0.1, 0.15) is 0 Å². The number of hydrogen-bond acceptors (Lipinski definition) is 2.